The highest BCUT2D eigenvalue weighted by Crippen LogP contribution is 2.41. The largest absolute Gasteiger partial charge is 0.541 e. The number of ether oxygens (including phenoxy) is 1. The minimum Gasteiger partial charge on any atom is -0.541 e. The van der Waals surface area contributed by atoms with Gasteiger partial charge in [0, 0.05) is 6.07 Å². The number of methoxy groups -OCH3 is 1. The quantitative estimate of drug-likeness (QED) is 0.358. The van der Waals surface area contributed by atoms with Crippen LogP contribution in [0.25, 0.3) is 0 Å². The van der Waals surface area contributed by atoms with Gasteiger partial charge in [-0.1, -0.05) is 20.8 Å². The topological polar surface area (TPSA) is 78.7 Å². The molecule has 0 heterocycles. The van der Waals surface area contributed by atoms with Crippen molar-refractivity contribution in [2.24, 2.45) is 0 Å². The molecule has 0 bridgehead atoms. The standard InChI is InChI=1S/C14H21NO5Si/c1-14(2,3)21(5,6)20-13-7-10(9-16)11(15(17)18)8-12(13)19-4/h7-9H,1-6H3. The number of carbonyl (C=O) groups is 1. The predicted octanol–water partition coefficient (Wildman–Crippen LogP) is 3.80. The summed E-state index contributed by atoms with van der Waals surface area (Å²) in [4.78, 5) is 21.4. The third-order valence-electron chi connectivity index (χ3n) is 3.81. The van der Waals surface area contributed by atoms with Crippen LogP contribution in [-0.4, -0.2) is 26.6 Å². The summed E-state index contributed by atoms with van der Waals surface area (Å²) in [6.07, 6.45) is 0.454. The lowest BCUT2D eigenvalue weighted by Crippen LogP contribution is -2.44. The molecule has 0 amide bonds. The van der Waals surface area contributed by atoms with Crippen molar-refractivity contribution in [3.8, 4) is 11.5 Å². The maximum Gasteiger partial charge on any atom is 0.283 e. The zero-order chi connectivity index (χ0) is 16.4. The maximum atomic E-state index is 11.1. The molecule has 0 aliphatic heterocycles. The second-order valence-corrected chi connectivity index (χ2v) is 11.0. The van der Waals surface area contributed by atoms with Crippen LogP contribution in [0.5, 0.6) is 11.5 Å². The second-order valence-electron chi connectivity index (χ2n) is 6.30. The van der Waals surface area contributed by atoms with E-state index in [4.69, 9.17) is 9.16 Å². The third-order valence-corrected chi connectivity index (χ3v) is 8.15. The summed E-state index contributed by atoms with van der Waals surface area (Å²) in [6, 6.07) is 2.61. The first kappa shape index (κ1) is 17.2. The number of rotatable bonds is 5. The summed E-state index contributed by atoms with van der Waals surface area (Å²) in [6.45, 7) is 10.3. The van der Waals surface area contributed by atoms with Crippen molar-refractivity contribution >= 4 is 20.3 Å². The van der Waals surface area contributed by atoms with Crippen molar-refractivity contribution in [1.82, 2.24) is 0 Å². The molecule has 1 rings (SSSR count). The fourth-order valence-electron chi connectivity index (χ4n) is 1.48. The molecule has 0 unspecified atom stereocenters. The minimum absolute atomic E-state index is 0.0190. The molecule has 0 saturated heterocycles. The van der Waals surface area contributed by atoms with E-state index in [0.717, 1.165) is 0 Å². The lowest BCUT2D eigenvalue weighted by Gasteiger charge is -2.36. The number of hydrogen-bond acceptors (Lipinski definition) is 5. The Morgan fingerprint density at radius 3 is 2.19 bits per heavy atom. The number of nitro groups is 1. The highest BCUT2D eigenvalue weighted by Gasteiger charge is 2.40. The van der Waals surface area contributed by atoms with Crippen molar-refractivity contribution in [2.45, 2.75) is 38.9 Å². The van der Waals surface area contributed by atoms with E-state index in [-0.39, 0.29) is 22.0 Å². The van der Waals surface area contributed by atoms with Crippen LogP contribution in [0.1, 0.15) is 31.1 Å². The zero-order valence-electron chi connectivity index (χ0n) is 13.2. The van der Waals surface area contributed by atoms with E-state index in [2.05, 4.69) is 33.9 Å². The molecule has 1 aromatic rings. The zero-order valence-corrected chi connectivity index (χ0v) is 14.2. The van der Waals surface area contributed by atoms with Crippen LogP contribution in [0.2, 0.25) is 18.1 Å². The van der Waals surface area contributed by atoms with Crippen molar-refractivity contribution in [2.75, 3.05) is 7.11 Å². The molecule has 0 spiro atoms. The van der Waals surface area contributed by atoms with Gasteiger partial charge in [0.1, 0.15) is 5.75 Å². The van der Waals surface area contributed by atoms with E-state index < -0.39 is 13.2 Å². The first-order valence-corrected chi connectivity index (χ1v) is 9.45. The van der Waals surface area contributed by atoms with E-state index in [1.54, 1.807) is 0 Å². The number of benzene rings is 1. The van der Waals surface area contributed by atoms with Crippen LogP contribution in [0.15, 0.2) is 12.1 Å². The van der Waals surface area contributed by atoms with Gasteiger partial charge in [0.15, 0.2) is 12.0 Å². The van der Waals surface area contributed by atoms with E-state index in [1.165, 1.54) is 19.2 Å². The van der Waals surface area contributed by atoms with Gasteiger partial charge in [-0.2, -0.15) is 0 Å². The Bertz CT molecular complexity index is 563. The Balaban J connectivity index is 3.37. The fraction of sp³-hybridized carbons (Fsp3) is 0.500. The monoisotopic (exact) mass is 311 g/mol. The molecule has 1 aromatic carbocycles. The minimum atomic E-state index is -2.14. The van der Waals surface area contributed by atoms with Crippen molar-refractivity contribution in [3.63, 3.8) is 0 Å². The van der Waals surface area contributed by atoms with Gasteiger partial charge in [-0.15, -0.1) is 0 Å². The van der Waals surface area contributed by atoms with Gasteiger partial charge >= 0.3 is 0 Å². The van der Waals surface area contributed by atoms with Crippen LogP contribution in [-0.2, 0) is 0 Å². The van der Waals surface area contributed by atoms with E-state index >= 15 is 0 Å². The van der Waals surface area contributed by atoms with Gasteiger partial charge in [0.25, 0.3) is 14.0 Å². The first-order chi connectivity index (χ1) is 9.53. The average molecular weight is 311 g/mol. The van der Waals surface area contributed by atoms with Crippen LogP contribution in [0.4, 0.5) is 5.69 Å². The molecule has 7 heteroatoms. The molecule has 0 saturated carbocycles. The Morgan fingerprint density at radius 2 is 1.81 bits per heavy atom. The van der Waals surface area contributed by atoms with E-state index in [9.17, 15) is 14.9 Å². The lowest BCUT2D eigenvalue weighted by molar-refractivity contribution is -0.385. The van der Waals surface area contributed by atoms with Gasteiger partial charge in [0.2, 0.25) is 0 Å². The Morgan fingerprint density at radius 1 is 1.24 bits per heavy atom. The lowest BCUT2D eigenvalue weighted by atomic mass is 10.2. The highest BCUT2D eigenvalue weighted by atomic mass is 28.4. The van der Waals surface area contributed by atoms with E-state index in [1.807, 2.05) is 0 Å². The number of hydrogen-bond donors (Lipinski definition) is 0. The summed E-state index contributed by atoms with van der Waals surface area (Å²) in [7, 11) is -0.725. The molecular weight excluding hydrogens is 290 g/mol. The van der Waals surface area contributed by atoms with E-state index in [0.29, 0.717) is 12.0 Å². The molecule has 0 N–H and O–H groups in total. The van der Waals surface area contributed by atoms with Crippen molar-refractivity contribution in [1.29, 1.82) is 0 Å². The molecule has 0 aromatic heterocycles. The average Bonchev–Trinajstić information content (AvgIpc) is 2.36. The molecule has 116 valence electrons. The van der Waals surface area contributed by atoms with Crippen LogP contribution in [0, 0.1) is 10.1 Å². The molecular formula is C14H21NO5Si. The molecule has 0 fully saturated rings. The van der Waals surface area contributed by atoms with Gasteiger partial charge in [-0.25, -0.2) is 0 Å². The van der Waals surface area contributed by atoms with Gasteiger partial charge in [-0.3, -0.25) is 14.9 Å². The predicted molar refractivity (Wildman–Crippen MR) is 82.9 cm³/mol. The molecule has 21 heavy (non-hydrogen) atoms. The number of nitro benzene ring substituents is 1. The van der Waals surface area contributed by atoms with Crippen molar-refractivity contribution < 1.29 is 18.9 Å². The fourth-order valence-corrected chi connectivity index (χ4v) is 2.50. The maximum absolute atomic E-state index is 11.1. The second kappa shape index (κ2) is 5.85. The molecule has 0 aliphatic carbocycles. The highest BCUT2D eigenvalue weighted by molar-refractivity contribution is 6.74. The Kier molecular flexibility index (Phi) is 4.78. The first-order valence-electron chi connectivity index (χ1n) is 6.54. The van der Waals surface area contributed by atoms with Crippen molar-refractivity contribution in [3.05, 3.63) is 27.8 Å². The normalized spacial score (nSPS) is 11.9. The third kappa shape index (κ3) is 3.60. The van der Waals surface area contributed by atoms with Gasteiger partial charge in [0.05, 0.1) is 23.7 Å². The smallest absolute Gasteiger partial charge is 0.283 e. The molecule has 0 atom stereocenters. The molecule has 0 aliphatic rings. The Hall–Kier alpha value is -1.89. The van der Waals surface area contributed by atoms with Crippen LogP contribution < -0.4 is 9.16 Å². The SMILES string of the molecule is COc1cc([N+](=O)[O-])c(C=O)cc1O[Si](C)(C)C(C)(C)C. The summed E-state index contributed by atoms with van der Waals surface area (Å²) in [5.74, 6) is 0.633. The van der Waals surface area contributed by atoms with Crippen LogP contribution in [0.3, 0.4) is 0 Å². The Labute approximate surface area is 125 Å². The molecule has 0 radical (unpaired) electrons. The summed E-state index contributed by atoms with van der Waals surface area (Å²) in [5.41, 5.74) is -0.307. The molecule has 6 nitrogen and oxygen atoms in total. The number of carbonyl (C=O) groups excluding carboxylic acids is 1. The number of aldehydes is 1. The van der Waals surface area contributed by atoms with Crippen LogP contribution >= 0.6 is 0 Å². The van der Waals surface area contributed by atoms with Gasteiger partial charge in [-0.05, 0) is 18.1 Å². The summed E-state index contributed by atoms with van der Waals surface area (Å²) in [5, 5.41) is 10.9. The summed E-state index contributed by atoms with van der Waals surface area (Å²) >= 11 is 0. The summed E-state index contributed by atoms with van der Waals surface area (Å²) < 4.78 is 11.3. The van der Waals surface area contributed by atoms with Gasteiger partial charge < -0.3 is 9.16 Å². The number of nitrogens with zero attached hydrogens (tertiary/aromatic N) is 1.